The Morgan fingerprint density at radius 2 is 2.19 bits per heavy atom. The first-order chi connectivity index (χ1) is 17.7. The lowest BCUT2D eigenvalue weighted by Crippen LogP contribution is -2.46. The van der Waals surface area contributed by atoms with Crippen LogP contribution < -0.4 is 4.74 Å². The Labute approximate surface area is 184 Å². The molecule has 27 heavy (non-hydrogen) atoms. The highest BCUT2D eigenvalue weighted by atomic mass is 32.1. The lowest BCUT2D eigenvalue weighted by molar-refractivity contribution is -0.104. The summed E-state index contributed by atoms with van der Waals surface area (Å²) in [5.74, 6) is 0.225. The Hall–Kier alpha value is -1.39. The molecule has 0 aromatic carbocycles. The lowest BCUT2D eigenvalue weighted by atomic mass is 9.67. The molecule has 146 valence electrons. The van der Waals surface area contributed by atoms with Crippen molar-refractivity contribution >= 4 is 11.3 Å². The second kappa shape index (κ2) is 8.32. The molecular weight excluding hydrogens is 354 g/mol. The fourth-order valence-electron chi connectivity index (χ4n) is 3.33. The standard InChI is InChI=1S/C23H31NO2S/c1-25-19-10-17-27-20(19)8-2-4-11-22(21-9-3-7-15-24-21)14-16-26-23(18-22)12-5-6-13-23/h3,7,9-10,15,17H,2,4-6,8,11-14,16,18H2,1H3/t22-/m1/s1/i4D2,8D2,12D2,13D2,14D2,18D2. The molecule has 2 aromatic rings. The van der Waals surface area contributed by atoms with Crippen molar-refractivity contribution in [2.75, 3.05) is 13.7 Å². The predicted octanol–water partition coefficient (Wildman–Crippen LogP) is 5.93. The molecular formula is C23H31NO2S. The molecule has 4 rings (SSSR count). The van der Waals surface area contributed by atoms with Crippen LogP contribution in [-0.4, -0.2) is 24.3 Å². The van der Waals surface area contributed by atoms with E-state index in [0.717, 1.165) is 11.3 Å². The number of nitrogens with zero attached hydrogens (tertiary/aromatic N) is 1. The number of aromatic nitrogens is 1. The summed E-state index contributed by atoms with van der Waals surface area (Å²) in [4.78, 5) is 4.34. The predicted molar refractivity (Wildman–Crippen MR) is 111 cm³/mol. The fourth-order valence-corrected chi connectivity index (χ4v) is 4.08. The van der Waals surface area contributed by atoms with Gasteiger partial charge < -0.3 is 9.47 Å². The van der Waals surface area contributed by atoms with Crippen molar-refractivity contribution in [3.8, 4) is 5.75 Å². The van der Waals surface area contributed by atoms with Gasteiger partial charge in [-0.05, 0) is 68.3 Å². The number of ether oxygens (including phenoxy) is 2. The molecule has 0 radical (unpaired) electrons. The molecule has 3 nitrogen and oxygen atoms in total. The normalized spacial score (nSPS) is 39.4. The quantitative estimate of drug-likeness (QED) is 0.580. The molecule has 0 N–H and O–H groups in total. The number of rotatable bonds is 7. The molecule has 1 saturated carbocycles. The summed E-state index contributed by atoms with van der Waals surface area (Å²) in [7, 11) is 1.36. The SMILES string of the molecule is [2H]C([2H])(CC([2H])([2H])c1sccc1OC)C[C@@]1(c2ccccn2)C([2H])([2H])COC2(C([2H])([2H])CCC2([2H])[2H])C1([2H])[2H]. The molecule has 0 unspecified atom stereocenters. The van der Waals surface area contributed by atoms with Crippen LogP contribution in [0.3, 0.4) is 0 Å². The molecule has 2 fully saturated rings. The molecule has 2 aromatic heterocycles. The fraction of sp³-hybridized carbons (Fsp3) is 0.609. The first kappa shape index (κ1) is 9.41. The maximum Gasteiger partial charge on any atom is 0.132 e. The molecule has 3 heterocycles. The minimum absolute atomic E-state index is 0.124. The van der Waals surface area contributed by atoms with E-state index in [2.05, 4.69) is 4.98 Å². The average Bonchev–Trinajstić information content (AvgIpc) is 3.37. The third-order valence-corrected chi connectivity index (χ3v) is 5.49. The Morgan fingerprint density at radius 1 is 1.30 bits per heavy atom. The van der Waals surface area contributed by atoms with E-state index >= 15 is 0 Å². The molecule has 2 aliphatic rings. The van der Waals surface area contributed by atoms with Gasteiger partial charge in [0.2, 0.25) is 0 Å². The van der Waals surface area contributed by atoms with Crippen LogP contribution in [0.4, 0.5) is 0 Å². The lowest BCUT2D eigenvalue weighted by Gasteiger charge is -2.46. The topological polar surface area (TPSA) is 31.4 Å². The molecule has 1 aliphatic heterocycles. The van der Waals surface area contributed by atoms with Crippen molar-refractivity contribution in [1.29, 1.82) is 0 Å². The number of pyridine rings is 1. The van der Waals surface area contributed by atoms with E-state index in [-0.39, 0.29) is 29.2 Å². The van der Waals surface area contributed by atoms with Crippen molar-refractivity contribution in [3.63, 3.8) is 0 Å². The zero-order chi connectivity index (χ0) is 29.3. The van der Waals surface area contributed by atoms with Crippen LogP contribution >= 0.6 is 11.3 Å². The van der Waals surface area contributed by atoms with Crippen LogP contribution in [0.15, 0.2) is 35.8 Å². The van der Waals surface area contributed by atoms with Crippen molar-refractivity contribution in [2.45, 2.75) is 74.9 Å². The summed E-state index contributed by atoms with van der Waals surface area (Å²) < 4.78 is 118. The molecule has 1 saturated heterocycles. The van der Waals surface area contributed by atoms with Crippen LogP contribution in [0.5, 0.6) is 5.75 Å². The zero-order valence-electron chi connectivity index (χ0n) is 27.2. The van der Waals surface area contributed by atoms with Crippen LogP contribution in [-0.2, 0) is 16.5 Å². The van der Waals surface area contributed by atoms with Gasteiger partial charge in [-0.25, -0.2) is 0 Å². The van der Waals surface area contributed by atoms with Gasteiger partial charge in [0.05, 0.1) is 12.7 Å². The van der Waals surface area contributed by atoms with Gasteiger partial charge in [-0.2, -0.15) is 0 Å². The summed E-state index contributed by atoms with van der Waals surface area (Å²) >= 11 is 1.03. The summed E-state index contributed by atoms with van der Waals surface area (Å²) in [6, 6.07) is 5.86. The number of methoxy groups -OCH3 is 1. The third-order valence-electron chi connectivity index (χ3n) is 4.64. The second-order valence-corrected chi connectivity index (χ2v) is 7.26. The third kappa shape index (κ3) is 4.07. The van der Waals surface area contributed by atoms with Gasteiger partial charge in [0.15, 0.2) is 0 Å². The van der Waals surface area contributed by atoms with E-state index in [1.807, 2.05) is 0 Å². The van der Waals surface area contributed by atoms with Gasteiger partial charge in [-0.1, -0.05) is 25.3 Å². The van der Waals surface area contributed by atoms with Crippen molar-refractivity contribution in [2.24, 2.45) is 0 Å². The maximum atomic E-state index is 9.40. The van der Waals surface area contributed by atoms with E-state index in [4.69, 9.17) is 23.2 Å². The van der Waals surface area contributed by atoms with Gasteiger partial charge in [0.25, 0.3) is 0 Å². The summed E-state index contributed by atoms with van der Waals surface area (Å²) in [5.41, 5.74) is -5.58. The first-order valence-corrected chi connectivity index (χ1v) is 9.79. The number of hydrogen-bond acceptors (Lipinski definition) is 4. The Kier molecular flexibility index (Phi) is 2.90. The Morgan fingerprint density at radius 3 is 2.96 bits per heavy atom. The first-order valence-electron chi connectivity index (χ1n) is 14.9. The Bertz CT molecular complexity index is 1190. The van der Waals surface area contributed by atoms with Crippen LogP contribution in [0.2, 0.25) is 0 Å². The molecule has 1 spiro atoms. The van der Waals surface area contributed by atoms with E-state index in [1.165, 1.54) is 31.5 Å². The van der Waals surface area contributed by atoms with Crippen LogP contribution in [0.1, 0.15) is 84.6 Å². The van der Waals surface area contributed by atoms with Crippen LogP contribution in [0, 0.1) is 0 Å². The molecule has 1 atom stereocenters. The van der Waals surface area contributed by atoms with Gasteiger partial charge >= 0.3 is 0 Å². The van der Waals surface area contributed by atoms with E-state index in [1.54, 1.807) is 11.4 Å². The van der Waals surface area contributed by atoms with Crippen LogP contribution in [0.25, 0.3) is 0 Å². The minimum Gasteiger partial charge on any atom is -0.496 e. The van der Waals surface area contributed by atoms with Gasteiger partial charge in [0.1, 0.15) is 5.75 Å². The van der Waals surface area contributed by atoms with E-state index in [0.29, 0.717) is 0 Å². The zero-order valence-corrected chi connectivity index (χ0v) is 16.0. The highest BCUT2D eigenvalue weighted by Crippen LogP contribution is 2.50. The monoisotopic (exact) mass is 397 g/mol. The highest BCUT2D eigenvalue weighted by molar-refractivity contribution is 7.10. The molecule has 1 aliphatic carbocycles. The largest absolute Gasteiger partial charge is 0.496 e. The number of aryl methyl sites for hydroxylation is 1. The summed E-state index contributed by atoms with van der Waals surface area (Å²) in [6.07, 6.45) is -17.1. The highest BCUT2D eigenvalue weighted by Gasteiger charge is 2.48. The van der Waals surface area contributed by atoms with Crippen molar-refractivity contribution in [3.05, 3.63) is 46.4 Å². The van der Waals surface area contributed by atoms with Gasteiger partial charge in [-0.3, -0.25) is 4.98 Å². The smallest absolute Gasteiger partial charge is 0.132 e. The van der Waals surface area contributed by atoms with E-state index in [9.17, 15) is 2.74 Å². The summed E-state index contributed by atoms with van der Waals surface area (Å²) in [6.45, 7) is -0.913. The minimum atomic E-state index is -3.18. The number of hydrogen-bond donors (Lipinski definition) is 0. The molecule has 4 heteroatoms. The Balaban J connectivity index is 1.93. The second-order valence-electron chi connectivity index (χ2n) is 6.34. The van der Waals surface area contributed by atoms with Gasteiger partial charge in [0, 0.05) is 45.2 Å². The van der Waals surface area contributed by atoms with Crippen molar-refractivity contribution < 1.29 is 25.9 Å². The van der Waals surface area contributed by atoms with E-state index < -0.39 is 68.7 Å². The molecule has 0 amide bonds. The molecule has 0 bridgehead atoms. The van der Waals surface area contributed by atoms with Gasteiger partial charge in [-0.15, -0.1) is 11.3 Å². The van der Waals surface area contributed by atoms with Crippen molar-refractivity contribution in [1.82, 2.24) is 4.98 Å². The summed E-state index contributed by atoms with van der Waals surface area (Å²) in [5, 5.41) is 1.60. The maximum absolute atomic E-state index is 9.40. The average molecular weight is 398 g/mol. The number of thiophene rings is 1.